The number of hydrogen-bond acceptors (Lipinski definition) is 8. The predicted molar refractivity (Wildman–Crippen MR) is 184 cm³/mol. The number of benzene rings is 3. The number of aromatic hydroxyl groups is 1. The highest BCUT2D eigenvalue weighted by Crippen LogP contribution is 2.17. The number of phenols is 1. The number of rotatable bonds is 10. The van der Waals surface area contributed by atoms with E-state index in [9.17, 15) is 29.1 Å². The molecule has 0 bridgehead atoms. The Morgan fingerprint density at radius 2 is 1.27 bits per heavy atom. The lowest BCUT2D eigenvalue weighted by atomic mass is 10.0. The van der Waals surface area contributed by atoms with E-state index in [4.69, 9.17) is 17.2 Å². The number of aliphatic imine (C=N–C) groups is 1. The molecule has 4 rings (SSSR count). The minimum absolute atomic E-state index is 0.0147. The topological polar surface area (TPSA) is 256 Å². The zero-order valence-corrected chi connectivity index (χ0v) is 27.0. The number of guanidine groups is 1. The van der Waals surface area contributed by atoms with E-state index in [-0.39, 0.29) is 50.5 Å². The number of nitrogens with one attached hydrogen (secondary N) is 5. The van der Waals surface area contributed by atoms with Crippen molar-refractivity contribution in [2.24, 2.45) is 22.2 Å². The second-order valence-electron chi connectivity index (χ2n) is 11.8. The molecule has 0 spiro atoms. The van der Waals surface area contributed by atoms with Crippen molar-refractivity contribution in [2.45, 2.75) is 56.3 Å². The first-order chi connectivity index (χ1) is 23.5. The van der Waals surface area contributed by atoms with Gasteiger partial charge in [-0.05, 0) is 59.8 Å². The quantitative estimate of drug-likeness (QED) is 0.0711. The average Bonchev–Trinajstić information content (AvgIpc) is 3.08. The maximum Gasteiger partial charge on any atom is 0.243 e. The van der Waals surface area contributed by atoms with Gasteiger partial charge in [0.1, 0.15) is 29.9 Å². The summed E-state index contributed by atoms with van der Waals surface area (Å²) >= 11 is 0. The fraction of sp³-hybridized carbons (Fsp3) is 0.353. The highest BCUT2D eigenvalue weighted by atomic mass is 16.3. The van der Waals surface area contributed by atoms with Crippen LogP contribution in [0.4, 0.5) is 0 Å². The van der Waals surface area contributed by atoms with E-state index in [0.29, 0.717) is 12.0 Å². The van der Waals surface area contributed by atoms with Gasteiger partial charge in [-0.2, -0.15) is 0 Å². The van der Waals surface area contributed by atoms with Crippen LogP contribution in [-0.2, 0) is 36.8 Å². The van der Waals surface area contributed by atoms with Crippen molar-refractivity contribution in [3.05, 3.63) is 77.9 Å². The number of fused-ring (bicyclic) bond motifs is 1. The monoisotopic (exact) mass is 673 g/mol. The summed E-state index contributed by atoms with van der Waals surface area (Å²) < 4.78 is 0. The molecule has 1 aliphatic rings. The third kappa shape index (κ3) is 10.9. The van der Waals surface area contributed by atoms with Crippen LogP contribution < -0.4 is 43.8 Å². The molecule has 5 amide bonds. The normalized spacial score (nSPS) is 20.9. The number of hydrogen-bond donors (Lipinski definition) is 9. The van der Waals surface area contributed by atoms with Gasteiger partial charge in [-0.1, -0.05) is 54.6 Å². The van der Waals surface area contributed by atoms with Crippen LogP contribution in [0.3, 0.4) is 0 Å². The van der Waals surface area contributed by atoms with Gasteiger partial charge < -0.3 is 48.9 Å². The minimum atomic E-state index is -1.16. The van der Waals surface area contributed by atoms with Crippen LogP contribution >= 0.6 is 0 Å². The lowest BCUT2D eigenvalue weighted by molar-refractivity contribution is -0.134. The summed E-state index contributed by atoms with van der Waals surface area (Å²) in [6, 6.07) is 14.9. The van der Waals surface area contributed by atoms with Crippen LogP contribution in [0.15, 0.2) is 71.7 Å². The van der Waals surface area contributed by atoms with Crippen LogP contribution in [0.2, 0.25) is 0 Å². The molecule has 0 saturated carbocycles. The summed E-state index contributed by atoms with van der Waals surface area (Å²) in [5.74, 6) is -3.43. The molecule has 0 aromatic heterocycles. The van der Waals surface area contributed by atoms with Crippen molar-refractivity contribution >= 4 is 46.3 Å². The van der Waals surface area contributed by atoms with Crippen molar-refractivity contribution in [3.8, 4) is 5.75 Å². The molecule has 15 heteroatoms. The zero-order chi connectivity index (χ0) is 35.3. The maximum atomic E-state index is 13.8. The number of phenolic OH excluding ortho intramolecular Hbond substituents is 1. The standard InChI is InChI=1S/C34H43N9O6/c35-14-13-26-32(48)41-25(6-3-15-38-34(36)37)31(47)43-27(18-21-7-10-22-4-1-2-5-23(22)16-21)30(46)39-19-29(45)40-28(33(49)42-26)17-20-8-11-24(44)12-9-20/h1-2,4-5,7-12,16,25-28,44H,3,6,13-15,17-19,35H2,(H,39,46)(H,40,45)(H,41,48)(H,42,49)(H,43,47)(H4,36,37,38)/t25-,26-,27-,28+/m0/s1. The van der Waals surface area contributed by atoms with Gasteiger partial charge in [0.2, 0.25) is 29.5 Å². The third-order valence-electron chi connectivity index (χ3n) is 8.00. The summed E-state index contributed by atoms with van der Waals surface area (Å²) in [7, 11) is 0. The molecule has 49 heavy (non-hydrogen) atoms. The highest BCUT2D eigenvalue weighted by molar-refractivity contribution is 5.97. The fourth-order valence-electron chi connectivity index (χ4n) is 5.45. The summed E-state index contributed by atoms with van der Waals surface area (Å²) in [5.41, 5.74) is 18.0. The number of carbonyl (C=O) groups is 5. The van der Waals surface area contributed by atoms with E-state index in [0.717, 1.165) is 16.3 Å². The Morgan fingerprint density at radius 3 is 1.94 bits per heavy atom. The van der Waals surface area contributed by atoms with Crippen molar-refractivity contribution in [2.75, 3.05) is 19.6 Å². The predicted octanol–water partition coefficient (Wildman–Crippen LogP) is -1.20. The van der Waals surface area contributed by atoms with Gasteiger partial charge in [-0.25, -0.2) is 0 Å². The number of nitrogens with two attached hydrogens (primary N) is 3. The van der Waals surface area contributed by atoms with Crippen LogP contribution in [0.1, 0.15) is 30.4 Å². The SMILES string of the molecule is NCC[C@@H]1NC(=O)[C@@H](Cc2ccc(O)cc2)NC(=O)CNC(=O)[C@H](Cc2ccc3ccccc3c2)NC(=O)[C@H](CCCN=C(N)N)NC1=O. The second kappa shape index (κ2) is 17.5. The molecule has 1 saturated heterocycles. The van der Waals surface area contributed by atoms with Crippen LogP contribution in [0, 0.1) is 0 Å². The smallest absolute Gasteiger partial charge is 0.243 e. The van der Waals surface area contributed by atoms with Crippen molar-refractivity contribution in [1.29, 1.82) is 0 Å². The van der Waals surface area contributed by atoms with E-state index in [2.05, 4.69) is 31.6 Å². The molecule has 1 fully saturated rings. The van der Waals surface area contributed by atoms with Crippen molar-refractivity contribution in [1.82, 2.24) is 26.6 Å². The average molecular weight is 674 g/mol. The number of amides is 5. The molecule has 260 valence electrons. The third-order valence-corrected chi connectivity index (χ3v) is 8.00. The summed E-state index contributed by atoms with van der Waals surface area (Å²) in [6.45, 7) is -0.284. The summed E-state index contributed by atoms with van der Waals surface area (Å²) in [5, 5.41) is 24.9. The molecule has 0 aliphatic carbocycles. The van der Waals surface area contributed by atoms with E-state index < -0.39 is 60.2 Å². The van der Waals surface area contributed by atoms with Crippen molar-refractivity contribution in [3.63, 3.8) is 0 Å². The minimum Gasteiger partial charge on any atom is -0.508 e. The first-order valence-electron chi connectivity index (χ1n) is 16.0. The molecule has 0 radical (unpaired) electrons. The molecule has 1 aliphatic heterocycles. The Kier molecular flexibility index (Phi) is 12.9. The van der Waals surface area contributed by atoms with Gasteiger partial charge in [-0.15, -0.1) is 0 Å². The first kappa shape index (κ1) is 36.1. The largest absolute Gasteiger partial charge is 0.508 e. The molecule has 3 aromatic rings. The fourth-order valence-corrected chi connectivity index (χ4v) is 5.45. The van der Waals surface area contributed by atoms with Crippen LogP contribution in [-0.4, -0.2) is 84.4 Å². The van der Waals surface area contributed by atoms with Crippen molar-refractivity contribution < 1.29 is 29.1 Å². The van der Waals surface area contributed by atoms with Crippen LogP contribution in [0.25, 0.3) is 10.8 Å². The van der Waals surface area contributed by atoms with Gasteiger partial charge in [0, 0.05) is 19.4 Å². The molecule has 0 unspecified atom stereocenters. The van der Waals surface area contributed by atoms with E-state index in [1.807, 2.05) is 42.5 Å². The second-order valence-corrected chi connectivity index (χ2v) is 11.8. The maximum absolute atomic E-state index is 13.8. The van der Waals surface area contributed by atoms with E-state index in [1.165, 1.54) is 12.1 Å². The molecule has 3 aromatic carbocycles. The summed E-state index contributed by atoms with van der Waals surface area (Å²) in [4.78, 5) is 71.5. The molecule has 15 nitrogen and oxygen atoms in total. The molecule has 4 atom stereocenters. The number of nitrogens with zero attached hydrogens (tertiary/aromatic N) is 1. The summed E-state index contributed by atoms with van der Waals surface area (Å²) in [6.07, 6.45) is 0.535. The Hall–Kier alpha value is -5.70. The Labute approximate surface area is 283 Å². The zero-order valence-electron chi connectivity index (χ0n) is 27.0. The molecule has 1 heterocycles. The molecular formula is C34H43N9O6. The van der Waals surface area contributed by atoms with Gasteiger partial charge in [-0.3, -0.25) is 29.0 Å². The lowest BCUT2D eigenvalue weighted by Crippen LogP contribution is -2.58. The first-order valence-corrected chi connectivity index (χ1v) is 16.0. The van der Waals surface area contributed by atoms with E-state index in [1.54, 1.807) is 12.1 Å². The number of carbonyl (C=O) groups excluding carboxylic acids is 5. The van der Waals surface area contributed by atoms with Crippen LogP contribution in [0.5, 0.6) is 5.75 Å². The molecule has 12 N–H and O–H groups in total. The van der Waals surface area contributed by atoms with E-state index >= 15 is 0 Å². The lowest BCUT2D eigenvalue weighted by Gasteiger charge is -2.26. The Balaban J connectivity index is 1.65. The van der Waals surface area contributed by atoms with Gasteiger partial charge in [0.15, 0.2) is 5.96 Å². The Bertz CT molecular complexity index is 1680. The van der Waals surface area contributed by atoms with Gasteiger partial charge in [0.05, 0.1) is 6.54 Å². The Morgan fingerprint density at radius 1 is 0.694 bits per heavy atom. The molecular weight excluding hydrogens is 630 g/mol. The van der Waals surface area contributed by atoms with Gasteiger partial charge >= 0.3 is 0 Å². The highest BCUT2D eigenvalue weighted by Gasteiger charge is 2.32. The van der Waals surface area contributed by atoms with Gasteiger partial charge in [0.25, 0.3) is 0 Å².